The van der Waals surface area contributed by atoms with Gasteiger partial charge in [-0.2, -0.15) is 0 Å². The average Bonchev–Trinajstić information content (AvgIpc) is 2.21. The largest absolute Gasteiger partial charge is 0.302 e. The number of rotatable bonds is 5. The van der Waals surface area contributed by atoms with Crippen molar-refractivity contribution in [1.82, 2.24) is 4.90 Å². The molecular weight excluding hydrogens is 273 g/mol. The van der Waals surface area contributed by atoms with Gasteiger partial charge in [-0.1, -0.05) is 46.6 Å². The first kappa shape index (κ1) is 13.0. The van der Waals surface area contributed by atoms with Crippen LogP contribution in [0.3, 0.4) is 0 Å². The highest BCUT2D eigenvalue weighted by Gasteiger charge is 2.05. The molecule has 0 bridgehead atoms. The Morgan fingerprint density at radius 2 is 1.93 bits per heavy atom. The first-order valence-corrected chi connectivity index (χ1v) is 6.60. The molecule has 1 nitrogen and oxygen atoms in total. The van der Waals surface area contributed by atoms with Crippen LogP contribution in [0.2, 0.25) is 5.02 Å². The lowest BCUT2D eigenvalue weighted by Crippen LogP contribution is -2.24. The minimum atomic E-state index is 0.683. The van der Waals surface area contributed by atoms with E-state index in [1.807, 2.05) is 12.1 Å². The number of benzene rings is 1. The summed E-state index contributed by atoms with van der Waals surface area (Å²) in [4.78, 5) is 2.33. The molecule has 3 heteroatoms. The summed E-state index contributed by atoms with van der Waals surface area (Å²) in [6, 6.07) is 8.05. The van der Waals surface area contributed by atoms with Crippen molar-refractivity contribution in [3.05, 3.63) is 34.9 Å². The summed E-state index contributed by atoms with van der Waals surface area (Å²) >= 11 is 9.33. The Morgan fingerprint density at radius 1 is 1.33 bits per heavy atom. The van der Waals surface area contributed by atoms with Gasteiger partial charge in [0.05, 0.1) is 0 Å². The zero-order valence-corrected chi connectivity index (χ0v) is 11.6. The van der Waals surface area contributed by atoms with Gasteiger partial charge in [0.1, 0.15) is 0 Å². The second-order valence-electron chi connectivity index (χ2n) is 4.08. The second-order valence-corrected chi connectivity index (χ2v) is 5.17. The first-order valence-electron chi connectivity index (χ1n) is 5.10. The molecule has 1 rings (SSSR count). The molecule has 0 aliphatic carbocycles. The van der Waals surface area contributed by atoms with Crippen LogP contribution in [0.15, 0.2) is 24.3 Å². The van der Waals surface area contributed by atoms with Crippen molar-refractivity contribution in [2.75, 3.05) is 18.9 Å². The highest BCUT2D eigenvalue weighted by Crippen LogP contribution is 2.12. The van der Waals surface area contributed by atoms with Crippen molar-refractivity contribution in [2.45, 2.75) is 13.5 Å². The fraction of sp³-hybridized carbons (Fsp3) is 0.500. The van der Waals surface area contributed by atoms with Crippen molar-refractivity contribution in [2.24, 2.45) is 5.92 Å². The minimum absolute atomic E-state index is 0.683. The Hall–Kier alpha value is -0.0500. The van der Waals surface area contributed by atoms with Crippen molar-refractivity contribution in [3.63, 3.8) is 0 Å². The third-order valence-corrected chi connectivity index (χ3v) is 3.61. The van der Waals surface area contributed by atoms with Crippen molar-refractivity contribution < 1.29 is 0 Å². The number of alkyl halides is 1. The molecule has 0 N–H and O–H groups in total. The lowest BCUT2D eigenvalue weighted by atomic mass is 10.2. The van der Waals surface area contributed by atoms with E-state index in [0.717, 1.165) is 23.4 Å². The summed E-state index contributed by atoms with van der Waals surface area (Å²) in [7, 11) is 2.15. The molecule has 1 unspecified atom stereocenters. The van der Waals surface area contributed by atoms with Gasteiger partial charge in [0.15, 0.2) is 0 Å². The number of halogens is 2. The molecule has 15 heavy (non-hydrogen) atoms. The molecule has 1 aromatic carbocycles. The van der Waals surface area contributed by atoms with Crippen molar-refractivity contribution in [1.29, 1.82) is 0 Å². The van der Waals surface area contributed by atoms with E-state index in [2.05, 4.69) is 46.9 Å². The summed E-state index contributed by atoms with van der Waals surface area (Å²) in [6.07, 6.45) is 0. The lowest BCUT2D eigenvalue weighted by molar-refractivity contribution is 0.291. The molecular formula is C12H17BrClN. The molecule has 0 saturated heterocycles. The van der Waals surface area contributed by atoms with Crippen LogP contribution in [0, 0.1) is 5.92 Å². The van der Waals surface area contributed by atoms with Crippen LogP contribution in [0.5, 0.6) is 0 Å². The van der Waals surface area contributed by atoms with Gasteiger partial charge in [0.2, 0.25) is 0 Å². The maximum Gasteiger partial charge on any atom is 0.0406 e. The van der Waals surface area contributed by atoms with Gasteiger partial charge in [-0.25, -0.2) is 0 Å². The van der Waals surface area contributed by atoms with Gasteiger partial charge >= 0.3 is 0 Å². The molecule has 0 aliphatic rings. The van der Waals surface area contributed by atoms with E-state index >= 15 is 0 Å². The Labute approximate surface area is 106 Å². The maximum absolute atomic E-state index is 5.84. The summed E-state index contributed by atoms with van der Waals surface area (Å²) in [5, 5.41) is 1.85. The van der Waals surface area contributed by atoms with Crippen LogP contribution < -0.4 is 0 Å². The second kappa shape index (κ2) is 6.51. The fourth-order valence-electron chi connectivity index (χ4n) is 1.55. The smallest absolute Gasteiger partial charge is 0.0406 e. The third-order valence-electron chi connectivity index (χ3n) is 2.25. The van der Waals surface area contributed by atoms with Gasteiger partial charge in [-0.05, 0) is 30.7 Å². The summed E-state index contributed by atoms with van der Waals surface area (Å²) < 4.78 is 0. The van der Waals surface area contributed by atoms with Gasteiger partial charge in [0.25, 0.3) is 0 Å². The van der Waals surface area contributed by atoms with E-state index in [0.29, 0.717) is 5.92 Å². The van der Waals surface area contributed by atoms with Crippen LogP contribution in [0.1, 0.15) is 12.5 Å². The molecule has 0 saturated carbocycles. The van der Waals surface area contributed by atoms with Crippen LogP contribution >= 0.6 is 27.5 Å². The predicted molar refractivity (Wildman–Crippen MR) is 70.7 cm³/mol. The lowest BCUT2D eigenvalue weighted by Gasteiger charge is -2.20. The first-order chi connectivity index (χ1) is 7.11. The Kier molecular flexibility index (Phi) is 5.65. The monoisotopic (exact) mass is 289 g/mol. The van der Waals surface area contributed by atoms with E-state index < -0.39 is 0 Å². The molecule has 0 heterocycles. The minimum Gasteiger partial charge on any atom is -0.302 e. The highest BCUT2D eigenvalue weighted by molar-refractivity contribution is 9.09. The zero-order chi connectivity index (χ0) is 11.3. The van der Waals surface area contributed by atoms with Gasteiger partial charge < -0.3 is 4.90 Å². The standard InChI is InChI=1S/C12H17BrClN/c1-10(7-13)8-15(2)9-11-3-5-12(14)6-4-11/h3-6,10H,7-9H2,1-2H3. The highest BCUT2D eigenvalue weighted by atomic mass is 79.9. The van der Waals surface area contributed by atoms with E-state index in [1.54, 1.807) is 0 Å². The van der Waals surface area contributed by atoms with Gasteiger partial charge in [0, 0.05) is 23.4 Å². The van der Waals surface area contributed by atoms with E-state index in [9.17, 15) is 0 Å². The van der Waals surface area contributed by atoms with Crippen LogP contribution in [-0.4, -0.2) is 23.8 Å². The van der Waals surface area contributed by atoms with E-state index in [4.69, 9.17) is 11.6 Å². The van der Waals surface area contributed by atoms with Crippen molar-refractivity contribution in [3.8, 4) is 0 Å². The third kappa shape index (κ3) is 5.01. The molecule has 84 valence electrons. The molecule has 0 fully saturated rings. The van der Waals surface area contributed by atoms with Crippen molar-refractivity contribution >= 4 is 27.5 Å². The summed E-state index contributed by atoms with van der Waals surface area (Å²) in [6.45, 7) is 4.33. The van der Waals surface area contributed by atoms with Gasteiger partial charge in [-0.15, -0.1) is 0 Å². The Morgan fingerprint density at radius 3 is 2.47 bits per heavy atom. The summed E-state index contributed by atoms with van der Waals surface area (Å²) in [5.41, 5.74) is 1.31. The quantitative estimate of drug-likeness (QED) is 0.746. The molecule has 1 aromatic rings. The molecule has 0 aliphatic heterocycles. The van der Waals surface area contributed by atoms with Crippen LogP contribution in [-0.2, 0) is 6.54 Å². The Balaban J connectivity index is 2.44. The van der Waals surface area contributed by atoms with Crippen LogP contribution in [0.4, 0.5) is 0 Å². The molecule has 0 amide bonds. The zero-order valence-electron chi connectivity index (χ0n) is 9.21. The molecule has 0 aromatic heterocycles. The topological polar surface area (TPSA) is 3.24 Å². The normalized spacial score (nSPS) is 13.1. The van der Waals surface area contributed by atoms with Crippen LogP contribution in [0.25, 0.3) is 0 Å². The van der Waals surface area contributed by atoms with Gasteiger partial charge in [-0.3, -0.25) is 0 Å². The number of hydrogen-bond acceptors (Lipinski definition) is 1. The Bertz CT molecular complexity index is 286. The molecule has 0 spiro atoms. The number of hydrogen-bond donors (Lipinski definition) is 0. The van der Waals surface area contributed by atoms with E-state index in [1.165, 1.54) is 5.56 Å². The van der Waals surface area contributed by atoms with E-state index in [-0.39, 0.29) is 0 Å². The maximum atomic E-state index is 5.84. The average molecular weight is 291 g/mol. The summed E-state index contributed by atoms with van der Waals surface area (Å²) in [5.74, 6) is 0.683. The molecule has 1 atom stereocenters. The number of nitrogens with zero attached hydrogens (tertiary/aromatic N) is 1. The SMILES string of the molecule is CC(CBr)CN(C)Cc1ccc(Cl)cc1. The fourth-order valence-corrected chi connectivity index (χ4v) is 1.88. The molecule has 0 radical (unpaired) electrons. The predicted octanol–water partition coefficient (Wildman–Crippen LogP) is 3.80.